The fourth-order valence-electron chi connectivity index (χ4n) is 4.44. The number of nitrogens with zero attached hydrogens (tertiary/aromatic N) is 2. The lowest BCUT2D eigenvalue weighted by atomic mass is 9.93. The number of amides is 2. The van der Waals surface area contributed by atoms with Crippen molar-refractivity contribution in [1.29, 1.82) is 0 Å². The van der Waals surface area contributed by atoms with Crippen LogP contribution in [0.2, 0.25) is 5.02 Å². The van der Waals surface area contributed by atoms with Gasteiger partial charge < -0.3 is 25.4 Å². The van der Waals surface area contributed by atoms with E-state index < -0.39 is 40.3 Å². The number of ether oxygens (including phenoxy) is 2. The predicted molar refractivity (Wildman–Crippen MR) is 164 cm³/mol. The molecule has 11 nitrogen and oxygen atoms in total. The molecule has 1 aliphatic heterocycles. The summed E-state index contributed by atoms with van der Waals surface area (Å²) < 4.78 is 24.3. The third kappa shape index (κ3) is 8.82. The zero-order valence-electron chi connectivity index (χ0n) is 24.3. The summed E-state index contributed by atoms with van der Waals surface area (Å²) in [4.78, 5) is 48.6. The van der Waals surface area contributed by atoms with Crippen LogP contribution in [0, 0.1) is 5.92 Å². The van der Waals surface area contributed by atoms with Crippen LogP contribution in [-0.2, 0) is 20.3 Å². The summed E-state index contributed by atoms with van der Waals surface area (Å²) in [6.45, 7) is 6.66. The first-order valence-electron chi connectivity index (χ1n) is 13.7. The van der Waals surface area contributed by atoms with E-state index in [0.29, 0.717) is 22.9 Å². The first kappa shape index (κ1) is 32.1. The minimum absolute atomic E-state index is 0.0544. The molecule has 3 unspecified atom stereocenters. The van der Waals surface area contributed by atoms with Gasteiger partial charge in [-0.3, -0.25) is 13.8 Å². The second-order valence-corrected chi connectivity index (χ2v) is 12.8. The second-order valence-electron chi connectivity index (χ2n) is 11.0. The molecule has 1 saturated heterocycles. The van der Waals surface area contributed by atoms with Gasteiger partial charge >= 0.3 is 5.97 Å². The molecule has 2 aromatic heterocycles. The van der Waals surface area contributed by atoms with Gasteiger partial charge in [0.2, 0.25) is 0 Å². The van der Waals surface area contributed by atoms with E-state index in [9.17, 15) is 18.6 Å². The largest absolute Gasteiger partial charge is 0.477 e. The number of anilines is 2. The van der Waals surface area contributed by atoms with E-state index >= 15 is 0 Å². The highest BCUT2D eigenvalue weighted by Gasteiger charge is 2.36. The minimum atomic E-state index is -1.39. The highest BCUT2D eigenvalue weighted by molar-refractivity contribution is 7.84. The lowest BCUT2D eigenvalue weighted by Crippen LogP contribution is -2.46. The van der Waals surface area contributed by atoms with Crippen molar-refractivity contribution in [1.82, 2.24) is 15.3 Å². The normalized spacial score (nSPS) is 16.4. The molecule has 43 heavy (non-hydrogen) atoms. The lowest BCUT2D eigenvalue weighted by molar-refractivity contribution is -0.166. The Morgan fingerprint density at radius 1 is 1.09 bits per heavy atom. The number of aromatic nitrogens is 2. The third-order valence-electron chi connectivity index (χ3n) is 6.43. The Labute approximate surface area is 257 Å². The highest BCUT2D eigenvalue weighted by Crippen LogP contribution is 2.29. The van der Waals surface area contributed by atoms with Gasteiger partial charge in [0, 0.05) is 46.8 Å². The fraction of sp³-hybridized carbons (Fsp3) is 0.367. The van der Waals surface area contributed by atoms with Crippen LogP contribution in [0.4, 0.5) is 11.5 Å². The van der Waals surface area contributed by atoms with Crippen molar-refractivity contribution in [2.45, 2.75) is 50.2 Å². The smallest absolute Gasteiger partial charge is 0.348 e. The van der Waals surface area contributed by atoms with Crippen molar-refractivity contribution in [2.75, 3.05) is 30.0 Å². The summed E-state index contributed by atoms with van der Waals surface area (Å²) in [6.07, 6.45) is 4.85. The van der Waals surface area contributed by atoms with Gasteiger partial charge in [0.15, 0.2) is 11.8 Å². The van der Waals surface area contributed by atoms with E-state index in [-0.39, 0.29) is 34.4 Å². The van der Waals surface area contributed by atoms with Gasteiger partial charge in [-0.2, -0.15) is 0 Å². The molecule has 13 heteroatoms. The topological polar surface area (TPSA) is 149 Å². The Bertz CT molecular complexity index is 1510. The molecular formula is C30H34ClN5O6S. The van der Waals surface area contributed by atoms with E-state index in [0.717, 1.165) is 13.0 Å². The molecule has 0 radical (unpaired) electrons. The van der Waals surface area contributed by atoms with Gasteiger partial charge in [-0.1, -0.05) is 11.6 Å². The molecule has 228 valence electrons. The zero-order valence-corrected chi connectivity index (χ0v) is 25.9. The van der Waals surface area contributed by atoms with Crippen molar-refractivity contribution < 1.29 is 28.1 Å². The molecule has 2 amide bonds. The van der Waals surface area contributed by atoms with Crippen LogP contribution in [-0.4, -0.2) is 63.0 Å². The Balaban J connectivity index is 1.64. The standard InChI is InChI=1S/C30H34ClN5O6S/c1-30(2,3)42-29(39)26(18-7-5-13-32-16-18)41-23-15-20(43(4)40)10-11-21(23)27(37)35-22-8-6-14-33-25(22)28(38)36-24-12-9-19(31)17-34-24/h6,8-12,14-15,17-18,26,32H,5,7,13,16H2,1-4H3,(H,35,37)(H,34,36,38). The number of esters is 1. The van der Waals surface area contributed by atoms with Gasteiger partial charge in [-0.05, 0) is 82.6 Å². The number of hydrogen-bond donors (Lipinski definition) is 3. The molecule has 3 atom stereocenters. The molecule has 3 aromatic rings. The quantitative estimate of drug-likeness (QED) is 0.292. The van der Waals surface area contributed by atoms with Gasteiger partial charge in [0.1, 0.15) is 17.2 Å². The lowest BCUT2D eigenvalue weighted by Gasteiger charge is -2.32. The molecule has 0 saturated carbocycles. The van der Waals surface area contributed by atoms with Crippen molar-refractivity contribution in [2.24, 2.45) is 5.92 Å². The molecule has 1 aliphatic rings. The van der Waals surface area contributed by atoms with Crippen molar-refractivity contribution in [3.63, 3.8) is 0 Å². The van der Waals surface area contributed by atoms with Crippen molar-refractivity contribution >= 4 is 51.7 Å². The van der Waals surface area contributed by atoms with Crippen LogP contribution in [0.3, 0.4) is 0 Å². The maximum atomic E-state index is 13.7. The minimum Gasteiger partial charge on any atom is -0.477 e. The van der Waals surface area contributed by atoms with E-state index in [2.05, 4.69) is 25.9 Å². The van der Waals surface area contributed by atoms with Gasteiger partial charge in [-0.15, -0.1) is 0 Å². The van der Waals surface area contributed by atoms with E-state index in [4.69, 9.17) is 21.1 Å². The molecule has 4 rings (SSSR count). The number of carbonyl (C=O) groups excluding carboxylic acids is 3. The molecule has 0 bridgehead atoms. The maximum absolute atomic E-state index is 13.7. The molecule has 0 aliphatic carbocycles. The Morgan fingerprint density at radius 3 is 2.53 bits per heavy atom. The monoisotopic (exact) mass is 627 g/mol. The Morgan fingerprint density at radius 2 is 1.88 bits per heavy atom. The van der Waals surface area contributed by atoms with Crippen LogP contribution in [0.5, 0.6) is 5.75 Å². The SMILES string of the molecule is CS(=O)c1ccc(C(=O)Nc2cccnc2C(=O)Nc2ccc(Cl)cn2)c(OC(C(=O)OC(C)(C)C)C2CCCNC2)c1. The van der Waals surface area contributed by atoms with Crippen molar-refractivity contribution in [3.8, 4) is 5.75 Å². The van der Waals surface area contributed by atoms with E-state index in [1.54, 1.807) is 39.0 Å². The predicted octanol–water partition coefficient (Wildman–Crippen LogP) is 4.46. The van der Waals surface area contributed by atoms with Crippen LogP contribution in [0.15, 0.2) is 59.8 Å². The van der Waals surface area contributed by atoms with Gasteiger partial charge in [0.25, 0.3) is 11.8 Å². The number of nitrogens with one attached hydrogen (secondary N) is 3. The molecular weight excluding hydrogens is 594 g/mol. The summed E-state index contributed by atoms with van der Waals surface area (Å²) >= 11 is 5.88. The average molecular weight is 628 g/mol. The Hall–Kier alpha value is -3.87. The highest BCUT2D eigenvalue weighted by atomic mass is 35.5. The summed E-state index contributed by atoms with van der Waals surface area (Å²) in [5.74, 6) is -1.69. The summed E-state index contributed by atoms with van der Waals surface area (Å²) in [7, 11) is -1.39. The van der Waals surface area contributed by atoms with Gasteiger partial charge in [-0.25, -0.2) is 14.8 Å². The number of carbonyl (C=O) groups is 3. The van der Waals surface area contributed by atoms with Crippen LogP contribution >= 0.6 is 11.6 Å². The fourth-order valence-corrected chi connectivity index (χ4v) is 5.08. The number of rotatable bonds is 9. The molecule has 0 spiro atoms. The van der Waals surface area contributed by atoms with Crippen molar-refractivity contribution in [3.05, 3.63) is 71.1 Å². The number of halogens is 1. The summed E-state index contributed by atoms with van der Waals surface area (Å²) in [5.41, 5.74) is -0.609. The van der Waals surface area contributed by atoms with E-state index in [1.165, 1.54) is 42.9 Å². The summed E-state index contributed by atoms with van der Waals surface area (Å²) in [5, 5.41) is 9.04. The number of piperidine rings is 1. The number of hydrogen-bond acceptors (Lipinski definition) is 9. The van der Waals surface area contributed by atoms with E-state index in [1.807, 2.05) is 0 Å². The summed E-state index contributed by atoms with van der Waals surface area (Å²) in [6, 6.07) is 10.7. The van der Waals surface area contributed by atoms with Crippen LogP contribution in [0.1, 0.15) is 54.5 Å². The maximum Gasteiger partial charge on any atom is 0.348 e. The first-order chi connectivity index (χ1) is 20.4. The first-order valence-corrected chi connectivity index (χ1v) is 15.6. The zero-order chi connectivity index (χ0) is 31.1. The Kier molecular flexibility index (Phi) is 10.5. The van der Waals surface area contributed by atoms with Gasteiger partial charge in [0.05, 0.1) is 16.3 Å². The van der Waals surface area contributed by atoms with Crippen LogP contribution in [0.25, 0.3) is 0 Å². The number of pyridine rings is 2. The molecule has 1 aromatic carbocycles. The average Bonchev–Trinajstić information content (AvgIpc) is 2.96. The molecule has 3 N–H and O–H groups in total. The number of benzene rings is 1. The third-order valence-corrected chi connectivity index (χ3v) is 7.57. The molecule has 3 heterocycles. The molecule has 1 fully saturated rings. The van der Waals surface area contributed by atoms with Crippen LogP contribution < -0.4 is 20.7 Å². The second kappa shape index (κ2) is 14.1.